The number of hydrogen-bond acceptors (Lipinski definition) is 4. The fourth-order valence-electron chi connectivity index (χ4n) is 2.60. The van der Waals surface area contributed by atoms with E-state index in [4.69, 9.17) is 5.73 Å². The number of nitrogens with two attached hydrogens (primary N) is 1. The SMILES string of the molecule is NCCN(CCNC1CCC1)CCNC1CCC1. The van der Waals surface area contributed by atoms with Crippen LogP contribution in [-0.4, -0.2) is 56.3 Å². The van der Waals surface area contributed by atoms with E-state index in [9.17, 15) is 0 Å². The number of rotatable bonds is 10. The van der Waals surface area contributed by atoms with Gasteiger partial charge in [-0.05, 0) is 25.7 Å². The van der Waals surface area contributed by atoms with Gasteiger partial charge < -0.3 is 16.4 Å². The Hall–Kier alpha value is -0.160. The Morgan fingerprint density at radius 2 is 1.33 bits per heavy atom. The Kier molecular flexibility index (Phi) is 6.41. The molecule has 2 rings (SSSR count). The number of nitrogens with zero attached hydrogens (tertiary/aromatic N) is 1. The predicted molar refractivity (Wildman–Crippen MR) is 76.8 cm³/mol. The summed E-state index contributed by atoms with van der Waals surface area (Å²) in [6.07, 6.45) is 8.32. The zero-order chi connectivity index (χ0) is 12.6. The molecule has 2 saturated carbocycles. The minimum absolute atomic E-state index is 0.771. The summed E-state index contributed by atoms with van der Waals surface area (Å²) in [4.78, 5) is 2.48. The quantitative estimate of drug-likeness (QED) is 0.532. The maximum Gasteiger partial charge on any atom is 0.0108 e. The molecule has 0 bridgehead atoms. The van der Waals surface area contributed by atoms with E-state index in [1.54, 1.807) is 0 Å². The van der Waals surface area contributed by atoms with E-state index in [-0.39, 0.29) is 0 Å². The molecule has 0 atom stereocenters. The highest BCUT2D eigenvalue weighted by Gasteiger charge is 2.17. The van der Waals surface area contributed by atoms with Crippen molar-refractivity contribution in [2.45, 2.75) is 50.6 Å². The van der Waals surface area contributed by atoms with E-state index >= 15 is 0 Å². The first-order valence-corrected chi connectivity index (χ1v) is 7.77. The molecule has 0 aromatic carbocycles. The van der Waals surface area contributed by atoms with Crippen molar-refractivity contribution in [2.24, 2.45) is 5.73 Å². The summed E-state index contributed by atoms with van der Waals surface area (Å²) in [6, 6.07) is 1.61. The molecular weight excluding hydrogens is 224 g/mol. The second-order valence-corrected chi connectivity index (χ2v) is 5.79. The second-order valence-electron chi connectivity index (χ2n) is 5.79. The van der Waals surface area contributed by atoms with E-state index in [0.29, 0.717) is 0 Å². The van der Waals surface area contributed by atoms with Crippen LogP contribution in [-0.2, 0) is 0 Å². The largest absolute Gasteiger partial charge is 0.329 e. The Balaban J connectivity index is 1.50. The predicted octanol–water partition coefficient (Wildman–Crippen LogP) is 0.531. The number of hydrogen-bond donors (Lipinski definition) is 3. The van der Waals surface area contributed by atoms with Crippen molar-refractivity contribution in [3.8, 4) is 0 Å². The molecule has 0 radical (unpaired) electrons. The average molecular weight is 254 g/mol. The van der Waals surface area contributed by atoms with E-state index in [0.717, 1.165) is 51.4 Å². The highest BCUT2D eigenvalue weighted by atomic mass is 15.2. The first kappa shape index (κ1) is 14.3. The normalized spacial score (nSPS) is 21.0. The summed E-state index contributed by atoms with van der Waals surface area (Å²) < 4.78 is 0. The highest BCUT2D eigenvalue weighted by Crippen LogP contribution is 2.18. The van der Waals surface area contributed by atoms with E-state index in [1.165, 1.54) is 38.5 Å². The summed E-state index contributed by atoms with van der Waals surface area (Å²) in [5, 5.41) is 7.25. The van der Waals surface area contributed by atoms with Crippen LogP contribution in [0.4, 0.5) is 0 Å². The van der Waals surface area contributed by atoms with Gasteiger partial charge in [-0.2, -0.15) is 0 Å². The summed E-state index contributed by atoms with van der Waals surface area (Å²) >= 11 is 0. The van der Waals surface area contributed by atoms with Crippen LogP contribution >= 0.6 is 0 Å². The van der Waals surface area contributed by atoms with Crippen molar-refractivity contribution < 1.29 is 0 Å². The van der Waals surface area contributed by atoms with Crippen molar-refractivity contribution in [1.82, 2.24) is 15.5 Å². The van der Waals surface area contributed by atoms with Gasteiger partial charge >= 0.3 is 0 Å². The molecule has 0 heterocycles. The lowest BCUT2D eigenvalue weighted by Crippen LogP contribution is -2.45. The summed E-state index contributed by atoms with van der Waals surface area (Å²) in [7, 11) is 0. The van der Waals surface area contributed by atoms with Crippen LogP contribution in [0.2, 0.25) is 0 Å². The van der Waals surface area contributed by atoms with Crippen LogP contribution in [0.15, 0.2) is 0 Å². The standard InChI is InChI=1S/C14H30N4/c15-7-10-18(11-8-16-13-3-1-4-13)12-9-17-14-5-2-6-14/h13-14,16-17H,1-12,15H2. The van der Waals surface area contributed by atoms with Crippen LogP contribution in [0.1, 0.15) is 38.5 Å². The van der Waals surface area contributed by atoms with Crippen LogP contribution in [0.3, 0.4) is 0 Å². The zero-order valence-corrected chi connectivity index (χ0v) is 11.7. The highest BCUT2D eigenvalue weighted by molar-refractivity contribution is 4.78. The topological polar surface area (TPSA) is 53.3 Å². The van der Waals surface area contributed by atoms with Gasteiger partial charge in [0.25, 0.3) is 0 Å². The molecule has 2 fully saturated rings. The smallest absolute Gasteiger partial charge is 0.0108 e. The second kappa shape index (κ2) is 8.10. The molecule has 0 aliphatic heterocycles. The summed E-state index contributed by atoms with van der Waals surface area (Å²) in [5.74, 6) is 0. The van der Waals surface area contributed by atoms with Crippen molar-refractivity contribution in [3.63, 3.8) is 0 Å². The molecule has 0 amide bonds. The molecule has 0 aromatic rings. The van der Waals surface area contributed by atoms with Crippen molar-refractivity contribution >= 4 is 0 Å². The molecule has 4 heteroatoms. The van der Waals surface area contributed by atoms with Gasteiger partial charge in [0.15, 0.2) is 0 Å². The van der Waals surface area contributed by atoms with E-state index < -0.39 is 0 Å². The molecule has 4 nitrogen and oxygen atoms in total. The minimum atomic E-state index is 0.771. The van der Waals surface area contributed by atoms with Crippen molar-refractivity contribution in [3.05, 3.63) is 0 Å². The minimum Gasteiger partial charge on any atom is -0.329 e. The van der Waals surface area contributed by atoms with E-state index in [1.807, 2.05) is 0 Å². The lowest BCUT2D eigenvalue weighted by Gasteiger charge is -2.30. The van der Waals surface area contributed by atoms with Gasteiger partial charge in [0.2, 0.25) is 0 Å². The van der Waals surface area contributed by atoms with Gasteiger partial charge in [0, 0.05) is 51.4 Å². The lowest BCUT2D eigenvalue weighted by molar-refractivity contribution is 0.246. The molecule has 18 heavy (non-hydrogen) atoms. The zero-order valence-electron chi connectivity index (χ0n) is 11.7. The Morgan fingerprint density at radius 1 is 0.833 bits per heavy atom. The van der Waals surface area contributed by atoms with Crippen LogP contribution < -0.4 is 16.4 Å². The molecular formula is C14H30N4. The molecule has 0 saturated heterocycles. The van der Waals surface area contributed by atoms with Gasteiger partial charge in [0.1, 0.15) is 0 Å². The third-order valence-corrected chi connectivity index (χ3v) is 4.38. The Labute approximate surface area is 112 Å². The van der Waals surface area contributed by atoms with Gasteiger partial charge in [0.05, 0.1) is 0 Å². The Bertz CT molecular complexity index is 194. The molecule has 0 unspecified atom stereocenters. The van der Waals surface area contributed by atoms with E-state index in [2.05, 4.69) is 15.5 Å². The maximum atomic E-state index is 5.68. The third kappa shape index (κ3) is 4.84. The molecule has 2 aliphatic rings. The third-order valence-electron chi connectivity index (χ3n) is 4.38. The van der Waals surface area contributed by atoms with Crippen LogP contribution in [0.25, 0.3) is 0 Å². The van der Waals surface area contributed by atoms with Crippen molar-refractivity contribution in [1.29, 1.82) is 0 Å². The number of nitrogens with one attached hydrogen (secondary N) is 2. The monoisotopic (exact) mass is 254 g/mol. The maximum absolute atomic E-state index is 5.68. The fraction of sp³-hybridized carbons (Fsp3) is 1.00. The molecule has 4 N–H and O–H groups in total. The lowest BCUT2D eigenvalue weighted by atomic mass is 9.93. The Morgan fingerprint density at radius 3 is 1.67 bits per heavy atom. The van der Waals surface area contributed by atoms with Gasteiger partial charge in [-0.15, -0.1) is 0 Å². The van der Waals surface area contributed by atoms with Gasteiger partial charge in [-0.3, -0.25) is 4.90 Å². The first-order chi connectivity index (χ1) is 8.88. The molecule has 0 spiro atoms. The van der Waals surface area contributed by atoms with Gasteiger partial charge in [-0.25, -0.2) is 0 Å². The summed E-state index contributed by atoms with van der Waals surface area (Å²) in [6.45, 7) is 6.31. The molecule has 0 aromatic heterocycles. The van der Waals surface area contributed by atoms with Crippen LogP contribution in [0.5, 0.6) is 0 Å². The van der Waals surface area contributed by atoms with Crippen LogP contribution in [0, 0.1) is 0 Å². The molecule has 2 aliphatic carbocycles. The first-order valence-electron chi connectivity index (χ1n) is 7.77. The fourth-order valence-corrected chi connectivity index (χ4v) is 2.60. The average Bonchev–Trinajstić information content (AvgIpc) is 2.25. The molecule has 106 valence electrons. The van der Waals surface area contributed by atoms with Crippen molar-refractivity contribution in [2.75, 3.05) is 39.3 Å². The summed E-state index contributed by atoms with van der Waals surface area (Å²) in [5.41, 5.74) is 5.68. The van der Waals surface area contributed by atoms with Gasteiger partial charge in [-0.1, -0.05) is 12.8 Å².